The molecule has 0 fully saturated rings. The third-order valence-electron chi connectivity index (χ3n) is 3.57. The molecule has 1 rings (SSSR count). The van der Waals surface area contributed by atoms with Crippen molar-refractivity contribution in [1.82, 2.24) is 9.62 Å². The molecule has 0 bridgehead atoms. The summed E-state index contributed by atoms with van der Waals surface area (Å²) in [5.41, 5.74) is 0.317. The molecule has 0 saturated carbocycles. The quantitative estimate of drug-likeness (QED) is 0.730. The van der Waals surface area contributed by atoms with Crippen LogP contribution in [0.1, 0.15) is 38.1 Å². The van der Waals surface area contributed by atoms with Crippen LogP contribution in [0.4, 0.5) is 0 Å². The highest BCUT2D eigenvalue weighted by atomic mass is 32.2. The van der Waals surface area contributed by atoms with Crippen LogP contribution < -0.4 is 4.72 Å². The fourth-order valence-electron chi connectivity index (χ4n) is 2.39. The third-order valence-corrected chi connectivity index (χ3v) is 5.05. The van der Waals surface area contributed by atoms with E-state index in [0.29, 0.717) is 30.7 Å². The zero-order valence-electron chi connectivity index (χ0n) is 14.4. The second kappa shape index (κ2) is 8.42. The second-order valence-corrected chi connectivity index (χ2v) is 7.61. The van der Waals surface area contributed by atoms with E-state index < -0.39 is 16.0 Å². The van der Waals surface area contributed by atoms with Gasteiger partial charge in [0.05, 0.1) is 17.6 Å². The maximum atomic E-state index is 12.3. The molecular formula is C16H26N2O4S. The van der Waals surface area contributed by atoms with Crippen LogP contribution in [0.2, 0.25) is 0 Å². The summed E-state index contributed by atoms with van der Waals surface area (Å²) in [6.45, 7) is 9.30. The number of nitrogens with one attached hydrogen (secondary N) is 1. The SMILES string of the molecule is COC(=O)c1ccc(S(=O)(=O)NCCN(C(C)C)C(C)C)cc1. The molecule has 0 amide bonds. The molecule has 130 valence electrons. The molecule has 1 aromatic rings. The summed E-state index contributed by atoms with van der Waals surface area (Å²) in [6, 6.07) is 6.37. The lowest BCUT2D eigenvalue weighted by molar-refractivity contribution is 0.0600. The van der Waals surface area contributed by atoms with Crippen LogP contribution in [0.5, 0.6) is 0 Å². The van der Waals surface area contributed by atoms with Crippen molar-refractivity contribution in [3.05, 3.63) is 29.8 Å². The molecule has 0 aliphatic carbocycles. The number of hydrogen-bond donors (Lipinski definition) is 1. The van der Waals surface area contributed by atoms with Crippen LogP contribution in [0, 0.1) is 0 Å². The average Bonchev–Trinajstić information content (AvgIpc) is 2.50. The summed E-state index contributed by atoms with van der Waals surface area (Å²) in [7, 11) is -2.30. The number of rotatable bonds is 8. The predicted octanol–water partition coefficient (Wildman–Crippen LogP) is 1.87. The van der Waals surface area contributed by atoms with E-state index in [1.54, 1.807) is 0 Å². The van der Waals surface area contributed by atoms with Gasteiger partial charge in [0.2, 0.25) is 10.0 Å². The normalized spacial score (nSPS) is 12.2. The van der Waals surface area contributed by atoms with Crippen LogP contribution in [0.3, 0.4) is 0 Å². The minimum atomic E-state index is -3.59. The van der Waals surface area contributed by atoms with Gasteiger partial charge in [-0.1, -0.05) is 0 Å². The van der Waals surface area contributed by atoms with E-state index in [1.807, 2.05) is 0 Å². The summed E-state index contributed by atoms with van der Waals surface area (Å²) in [5.74, 6) is -0.494. The topological polar surface area (TPSA) is 75.7 Å². The zero-order valence-corrected chi connectivity index (χ0v) is 15.2. The second-order valence-electron chi connectivity index (χ2n) is 5.84. The molecule has 0 spiro atoms. The Morgan fingerprint density at radius 2 is 1.65 bits per heavy atom. The molecule has 0 radical (unpaired) electrons. The van der Waals surface area contributed by atoms with Gasteiger partial charge in [0.15, 0.2) is 0 Å². The maximum Gasteiger partial charge on any atom is 0.337 e. The molecule has 23 heavy (non-hydrogen) atoms. The van der Waals surface area contributed by atoms with Gasteiger partial charge in [0, 0.05) is 25.2 Å². The van der Waals surface area contributed by atoms with E-state index >= 15 is 0 Å². The summed E-state index contributed by atoms with van der Waals surface area (Å²) in [4.78, 5) is 13.7. The number of carbonyl (C=O) groups is 1. The smallest absolute Gasteiger partial charge is 0.337 e. The molecule has 0 aliphatic rings. The van der Waals surface area contributed by atoms with E-state index in [9.17, 15) is 13.2 Å². The van der Waals surface area contributed by atoms with Crippen molar-refractivity contribution < 1.29 is 17.9 Å². The molecule has 1 N–H and O–H groups in total. The van der Waals surface area contributed by atoms with Gasteiger partial charge < -0.3 is 4.74 Å². The highest BCUT2D eigenvalue weighted by Gasteiger charge is 2.17. The van der Waals surface area contributed by atoms with Crippen molar-refractivity contribution in [1.29, 1.82) is 0 Å². The summed E-state index contributed by atoms with van der Waals surface area (Å²) in [6.07, 6.45) is 0. The van der Waals surface area contributed by atoms with Crippen LogP contribution in [0.15, 0.2) is 29.2 Å². The number of esters is 1. The maximum absolute atomic E-state index is 12.3. The molecule has 0 aromatic heterocycles. The summed E-state index contributed by atoms with van der Waals surface area (Å²) in [5, 5.41) is 0. The van der Waals surface area contributed by atoms with Crippen molar-refractivity contribution in [2.24, 2.45) is 0 Å². The van der Waals surface area contributed by atoms with Gasteiger partial charge in [-0.05, 0) is 52.0 Å². The minimum Gasteiger partial charge on any atom is -0.465 e. The molecule has 0 saturated heterocycles. The number of nitrogens with zero attached hydrogens (tertiary/aromatic N) is 1. The van der Waals surface area contributed by atoms with E-state index in [-0.39, 0.29) is 4.90 Å². The number of sulfonamides is 1. The minimum absolute atomic E-state index is 0.130. The number of hydrogen-bond acceptors (Lipinski definition) is 5. The van der Waals surface area contributed by atoms with Gasteiger partial charge in [-0.2, -0.15) is 0 Å². The first-order chi connectivity index (χ1) is 10.7. The van der Waals surface area contributed by atoms with Gasteiger partial charge in [0.25, 0.3) is 0 Å². The molecule has 0 atom stereocenters. The first kappa shape index (κ1) is 19.6. The Kier molecular flexibility index (Phi) is 7.18. The summed E-state index contributed by atoms with van der Waals surface area (Å²) >= 11 is 0. The Bertz CT molecular complexity index is 601. The third kappa shape index (κ3) is 5.60. The zero-order chi connectivity index (χ0) is 17.6. The molecule has 0 unspecified atom stereocenters. The number of benzene rings is 1. The lowest BCUT2D eigenvalue weighted by Crippen LogP contribution is -2.42. The first-order valence-corrected chi connectivity index (χ1v) is 9.11. The highest BCUT2D eigenvalue weighted by molar-refractivity contribution is 7.89. The molecule has 0 aliphatic heterocycles. The molecule has 6 nitrogen and oxygen atoms in total. The van der Waals surface area contributed by atoms with Crippen LogP contribution >= 0.6 is 0 Å². The van der Waals surface area contributed by atoms with E-state index in [2.05, 4.69) is 42.1 Å². The van der Waals surface area contributed by atoms with Crippen molar-refractivity contribution >= 4 is 16.0 Å². The van der Waals surface area contributed by atoms with Crippen LogP contribution in [0.25, 0.3) is 0 Å². The number of carbonyl (C=O) groups excluding carboxylic acids is 1. The van der Waals surface area contributed by atoms with Gasteiger partial charge in [-0.25, -0.2) is 17.9 Å². The van der Waals surface area contributed by atoms with Crippen molar-refractivity contribution in [3.63, 3.8) is 0 Å². The Morgan fingerprint density at radius 3 is 2.09 bits per heavy atom. The Morgan fingerprint density at radius 1 is 1.13 bits per heavy atom. The lowest BCUT2D eigenvalue weighted by atomic mass is 10.2. The van der Waals surface area contributed by atoms with Crippen molar-refractivity contribution in [2.45, 2.75) is 44.7 Å². The Labute approximate surface area is 138 Å². The Balaban J connectivity index is 2.71. The van der Waals surface area contributed by atoms with E-state index in [0.717, 1.165) is 0 Å². The fourth-order valence-corrected chi connectivity index (χ4v) is 3.41. The Hall–Kier alpha value is -1.44. The average molecular weight is 342 g/mol. The number of ether oxygens (including phenoxy) is 1. The standard InChI is InChI=1S/C16H26N2O4S/c1-12(2)18(13(3)4)11-10-17-23(20,21)15-8-6-14(7-9-15)16(19)22-5/h6-9,12-13,17H,10-11H2,1-5H3. The van der Waals surface area contributed by atoms with Crippen molar-refractivity contribution in [3.8, 4) is 0 Å². The lowest BCUT2D eigenvalue weighted by Gasteiger charge is -2.30. The van der Waals surface area contributed by atoms with Gasteiger partial charge in [-0.15, -0.1) is 0 Å². The molecule has 0 heterocycles. The van der Waals surface area contributed by atoms with Gasteiger partial charge in [-0.3, -0.25) is 4.90 Å². The van der Waals surface area contributed by atoms with Crippen LogP contribution in [-0.4, -0.2) is 51.6 Å². The van der Waals surface area contributed by atoms with E-state index in [1.165, 1.54) is 31.4 Å². The van der Waals surface area contributed by atoms with E-state index in [4.69, 9.17) is 0 Å². The van der Waals surface area contributed by atoms with Gasteiger partial charge in [0.1, 0.15) is 0 Å². The highest BCUT2D eigenvalue weighted by Crippen LogP contribution is 2.11. The molecular weight excluding hydrogens is 316 g/mol. The number of methoxy groups -OCH3 is 1. The molecule has 1 aromatic carbocycles. The van der Waals surface area contributed by atoms with Gasteiger partial charge >= 0.3 is 5.97 Å². The molecule has 7 heteroatoms. The monoisotopic (exact) mass is 342 g/mol. The van der Waals surface area contributed by atoms with Crippen molar-refractivity contribution in [2.75, 3.05) is 20.2 Å². The largest absolute Gasteiger partial charge is 0.465 e. The first-order valence-electron chi connectivity index (χ1n) is 7.63. The fraction of sp³-hybridized carbons (Fsp3) is 0.562. The summed E-state index contributed by atoms with van der Waals surface area (Å²) < 4.78 is 31.7. The predicted molar refractivity (Wildman–Crippen MR) is 89.9 cm³/mol. The van der Waals surface area contributed by atoms with Crippen LogP contribution in [-0.2, 0) is 14.8 Å².